The number of pyridine rings is 3. The largest absolute Gasteiger partial charge is 0.255 e. The number of fused-ring (bicyclic) bond motifs is 2. The quantitative estimate of drug-likeness (QED) is 0.487. The van der Waals surface area contributed by atoms with Gasteiger partial charge in [-0.2, -0.15) is 0 Å². The third-order valence-electron chi connectivity index (χ3n) is 2.61. The molecule has 4 rings (SSSR count). The van der Waals surface area contributed by atoms with Crippen LogP contribution >= 0.6 is 0 Å². The number of aromatic nitrogens is 5. The monoisotopic (exact) mass is 261 g/mol. The summed E-state index contributed by atoms with van der Waals surface area (Å²) >= 11 is 0. The van der Waals surface area contributed by atoms with Crippen LogP contribution in [0.15, 0.2) is 67.4 Å². The first-order valence-electron chi connectivity index (χ1n) is 6.11. The summed E-state index contributed by atoms with van der Waals surface area (Å²) in [4.78, 5) is 20.3. The van der Waals surface area contributed by atoms with Gasteiger partial charge in [-0.05, 0) is 36.4 Å². The highest BCUT2D eigenvalue weighted by atomic mass is 14.9. The van der Waals surface area contributed by atoms with Crippen molar-refractivity contribution in [3.63, 3.8) is 0 Å². The second kappa shape index (κ2) is 5.79. The Morgan fingerprint density at radius 3 is 1.55 bits per heavy atom. The molecule has 4 heterocycles. The van der Waals surface area contributed by atoms with Crippen molar-refractivity contribution < 1.29 is 0 Å². The molecule has 5 nitrogen and oxygen atoms in total. The zero-order chi connectivity index (χ0) is 13.6. The first kappa shape index (κ1) is 12.1. The van der Waals surface area contributed by atoms with Crippen molar-refractivity contribution >= 4 is 22.2 Å². The van der Waals surface area contributed by atoms with Crippen LogP contribution in [0, 0.1) is 0 Å². The smallest absolute Gasteiger partial charge is 0.178 e. The Kier molecular flexibility index (Phi) is 3.51. The van der Waals surface area contributed by atoms with Gasteiger partial charge in [-0.25, -0.2) is 9.97 Å². The van der Waals surface area contributed by atoms with E-state index in [1.165, 1.54) is 0 Å². The normalized spacial score (nSPS) is 10.0. The van der Waals surface area contributed by atoms with Crippen molar-refractivity contribution in [3.05, 3.63) is 67.4 Å². The van der Waals surface area contributed by atoms with E-state index in [-0.39, 0.29) is 0 Å². The van der Waals surface area contributed by atoms with Crippen LogP contribution in [-0.2, 0) is 0 Å². The first-order chi connectivity index (χ1) is 9.93. The summed E-state index contributed by atoms with van der Waals surface area (Å²) < 4.78 is 0. The van der Waals surface area contributed by atoms with E-state index in [1.807, 2.05) is 36.4 Å². The van der Waals surface area contributed by atoms with Crippen LogP contribution in [-0.4, -0.2) is 24.9 Å². The number of rotatable bonds is 0. The molecule has 0 aromatic carbocycles. The van der Waals surface area contributed by atoms with Crippen LogP contribution < -0.4 is 0 Å². The van der Waals surface area contributed by atoms with E-state index in [0.717, 1.165) is 16.6 Å². The Balaban J connectivity index is 0.000000121. The van der Waals surface area contributed by atoms with E-state index >= 15 is 0 Å². The lowest BCUT2D eigenvalue weighted by atomic mass is 10.3. The molecular weight excluding hydrogens is 250 g/mol. The van der Waals surface area contributed by atoms with E-state index in [9.17, 15) is 0 Å². The fraction of sp³-hybridized carbons (Fsp3) is 0. The van der Waals surface area contributed by atoms with Crippen molar-refractivity contribution in [1.82, 2.24) is 24.9 Å². The van der Waals surface area contributed by atoms with Gasteiger partial charge in [0.05, 0.1) is 11.0 Å². The molecule has 0 aliphatic heterocycles. The second-order valence-corrected chi connectivity index (χ2v) is 3.95. The van der Waals surface area contributed by atoms with Crippen molar-refractivity contribution in [2.75, 3.05) is 0 Å². The van der Waals surface area contributed by atoms with Gasteiger partial charge in [-0.15, -0.1) is 0 Å². The van der Waals surface area contributed by atoms with Crippen LogP contribution in [0.2, 0.25) is 0 Å². The van der Waals surface area contributed by atoms with Gasteiger partial charge in [0, 0.05) is 31.0 Å². The third kappa shape index (κ3) is 2.72. The van der Waals surface area contributed by atoms with E-state index < -0.39 is 0 Å². The van der Waals surface area contributed by atoms with E-state index in [0.29, 0.717) is 5.65 Å². The molecule has 20 heavy (non-hydrogen) atoms. The molecule has 0 aliphatic carbocycles. The van der Waals surface area contributed by atoms with Gasteiger partial charge >= 0.3 is 0 Å². The third-order valence-corrected chi connectivity index (χ3v) is 2.61. The minimum atomic E-state index is 0.699. The second-order valence-electron chi connectivity index (χ2n) is 3.95. The maximum Gasteiger partial charge on any atom is 0.178 e. The molecule has 0 atom stereocenters. The van der Waals surface area contributed by atoms with Crippen LogP contribution in [0.5, 0.6) is 0 Å². The van der Waals surface area contributed by atoms with E-state index in [4.69, 9.17) is 0 Å². The zero-order valence-electron chi connectivity index (χ0n) is 10.6. The summed E-state index contributed by atoms with van der Waals surface area (Å²) in [5, 5.41) is 0. The molecule has 0 fully saturated rings. The average molecular weight is 261 g/mol. The molecule has 0 spiro atoms. The lowest BCUT2D eigenvalue weighted by Gasteiger charge is -1.90. The standard InChI is InChI=1S/C8H6N2.C7H5N3/c1-3-7-8(9-5-1)4-2-6-10-7;1-2-6-7(9-3-1)10-5-4-8-6/h1-6H;1-5H. The van der Waals surface area contributed by atoms with Crippen molar-refractivity contribution in [2.45, 2.75) is 0 Å². The van der Waals surface area contributed by atoms with E-state index in [2.05, 4.69) is 24.9 Å². The topological polar surface area (TPSA) is 64.5 Å². The predicted octanol–water partition coefficient (Wildman–Crippen LogP) is 2.65. The predicted molar refractivity (Wildman–Crippen MR) is 76.9 cm³/mol. The van der Waals surface area contributed by atoms with Crippen LogP contribution in [0.3, 0.4) is 0 Å². The Hall–Kier alpha value is -2.95. The minimum absolute atomic E-state index is 0.699. The molecule has 0 bridgehead atoms. The number of nitrogens with zero attached hydrogens (tertiary/aromatic N) is 5. The molecule has 0 aliphatic rings. The molecule has 96 valence electrons. The molecule has 0 saturated heterocycles. The fourth-order valence-corrected chi connectivity index (χ4v) is 1.71. The Morgan fingerprint density at radius 1 is 0.450 bits per heavy atom. The lowest BCUT2D eigenvalue weighted by Crippen LogP contribution is -1.83. The highest BCUT2D eigenvalue weighted by molar-refractivity contribution is 5.72. The van der Waals surface area contributed by atoms with Gasteiger partial charge < -0.3 is 0 Å². The fourth-order valence-electron chi connectivity index (χ4n) is 1.71. The highest BCUT2D eigenvalue weighted by Crippen LogP contribution is 2.04. The maximum absolute atomic E-state index is 4.12. The minimum Gasteiger partial charge on any atom is -0.255 e. The average Bonchev–Trinajstić information content (AvgIpc) is 2.56. The van der Waals surface area contributed by atoms with Gasteiger partial charge in [-0.3, -0.25) is 15.0 Å². The summed E-state index contributed by atoms with van der Waals surface area (Å²) in [6.07, 6.45) is 8.53. The van der Waals surface area contributed by atoms with Gasteiger partial charge in [0.15, 0.2) is 5.65 Å². The SMILES string of the molecule is c1cnc2cccnc2c1.c1cnc2nccnc2c1. The first-order valence-corrected chi connectivity index (χ1v) is 6.11. The molecule has 0 saturated carbocycles. The van der Waals surface area contributed by atoms with Crippen LogP contribution in [0.4, 0.5) is 0 Å². The van der Waals surface area contributed by atoms with Gasteiger partial charge in [0.25, 0.3) is 0 Å². The summed E-state index contributed by atoms with van der Waals surface area (Å²) in [7, 11) is 0. The molecule has 5 heteroatoms. The summed E-state index contributed by atoms with van der Waals surface area (Å²) in [6, 6.07) is 11.4. The number of hydrogen-bond acceptors (Lipinski definition) is 5. The summed E-state index contributed by atoms with van der Waals surface area (Å²) in [5.74, 6) is 0. The Morgan fingerprint density at radius 2 is 0.900 bits per heavy atom. The molecule has 0 radical (unpaired) electrons. The maximum atomic E-state index is 4.12. The molecule has 4 aromatic heterocycles. The summed E-state index contributed by atoms with van der Waals surface area (Å²) in [6.45, 7) is 0. The van der Waals surface area contributed by atoms with Crippen molar-refractivity contribution in [1.29, 1.82) is 0 Å². The van der Waals surface area contributed by atoms with Crippen LogP contribution in [0.25, 0.3) is 22.2 Å². The van der Waals surface area contributed by atoms with Crippen molar-refractivity contribution in [3.8, 4) is 0 Å². The molecular formula is C15H11N5. The lowest BCUT2D eigenvalue weighted by molar-refractivity contribution is 1.22. The molecule has 0 unspecified atom stereocenters. The van der Waals surface area contributed by atoms with Crippen molar-refractivity contribution in [2.24, 2.45) is 0 Å². The Labute approximate surface area is 115 Å². The van der Waals surface area contributed by atoms with Gasteiger partial charge in [0.2, 0.25) is 0 Å². The molecule has 0 N–H and O–H groups in total. The van der Waals surface area contributed by atoms with Gasteiger partial charge in [-0.1, -0.05) is 0 Å². The Bertz CT molecular complexity index is 630. The van der Waals surface area contributed by atoms with Gasteiger partial charge in [0.1, 0.15) is 5.52 Å². The summed E-state index contributed by atoms with van der Waals surface area (Å²) in [5.41, 5.74) is 3.44. The van der Waals surface area contributed by atoms with Crippen LogP contribution in [0.1, 0.15) is 0 Å². The number of hydrogen-bond donors (Lipinski definition) is 0. The molecule has 4 aromatic rings. The highest BCUT2D eigenvalue weighted by Gasteiger charge is 1.90. The van der Waals surface area contributed by atoms with E-state index in [1.54, 1.807) is 31.0 Å². The molecule has 0 amide bonds. The zero-order valence-corrected chi connectivity index (χ0v) is 10.6.